The third-order valence-corrected chi connectivity index (χ3v) is 5.65. The van der Waals surface area contributed by atoms with Gasteiger partial charge in [-0.2, -0.15) is 8.42 Å². The van der Waals surface area contributed by atoms with Gasteiger partial charge in [-0.25, -0.2) is 0 Å². The predicted octanol–water partition coefficient (Wildman–Crippen LogP) is 5.98. The largest absolute Gasteiger partial charge is 0.491 e. The average molecular weight is 399 g/mol. The Kier molecular flexibility index (Phi) is 11.7. The van der Waals surface area contributed by atoms with Crippen molar-refractivity contribution in [2.75, 3.05) is 5.75 Å². The Morgan fingerprint density at radius 2 is 1.52 bits per heavy atom. The average Bonchev–Trinajstić information content (AvgIpc) is 2.61. The Morgan fingerprint density at radius 1 is 0.926 bits per heavy atom. The highest BCUT2D eigenvalue weighted by Crippen LogP contribution is 2.23. The Morgan fingerprint density at radius 3 is 2.07 bits per heavy atom. The SMILES string of the molecule is CCCCCCc1ccc(OC(C)CCS(=O)(=O)O)cc1CCCCCC. The molecule has 1 unspecified atom stereocenters. The molecule has 1 rings (SSSR count). The minimum Gasteiger partial charge on any atom is -0.491 e. The number of benzene rings is 1. The molecule has 0 saturated heterocycles. The van der Waals surface area contributed by atoms with Crippen LogP contribution in [0.4, 0.5) is 0 Å². The third kappa shape index (κ3) is 11.4. The van der Waals surface area contributed by atoms with Crippen LogP contribution in [0.2, 0.25) is 0 Å². The Labute approximate surface area is 166 Å². The van der Waals surface area contributed by atoms with E-state index in [1.54, 1.807) is 0 Å². The number of hydrogen-bond acceptors (Lipinski definition) is 3. The summed E-state index contributed by atoms with van der Waals surface area (Å²) < 4.78 is 36.6. The van der Waals surface area contributed by atoms with Gasteiger partial charge in [0, 0.05) is 6.42 Å². The van der Waals surface area contributed by atoms with E-state index in [1.807, 2.05) is 13.0 Å². The first-order chi connectivity index (χ1) is 12.9. The first kappa shape index (κ1) is 24.0. The predicted molar refractivity (Wildman–Crippen MR) is 113 cm³/mol. The Hall–Kier alpha value is -1.07. The maximum absolute atomic E-state index is 10.9. The lowest BCUT2D eigenvalue weighted by Gasteiger charge is -2.17. The molecule has 0 aliphatic rings. The van der Waals surface area contributed by atoms with E-state index in [-0.39, 0.29) is 18.3 Å². The highest BCUT2D eigenvalue weighted by Gasteiger charge is 2.12. The van der Waals surface area contributed by atoms with Crippen molar-refractivity contribution >= 4 is 10.1 Å². The number of unbranched alkanes of at least 4 members (excludes halogenated alkanes) is 6. The molecule has 0 radical (unpaired) electrons. The second-order valence-electron chi connectivity index (χ2n) is 7.56. The van der Waals surface area contributed by atoms with E-state index in [0.717, 1.165) is 18.6 Å². The molecule has 156 valence electrons. The highest BCUT2D eigenvalue weighted by atomic mass is 32.2. The first-order valence-electron chi connectivity index (χ1n) is 10.6. The van der Waals surface area contributed by atoms with Crippen molar-refractivity contribution < 1.29 is 17.7 Å². The third-order valence-electron chi connectivity index (χ3n) is 4.90. The van der Waals surface area contributed by atoms with Crippen LogP contribution in [0.5, 0.6) is 5.75 Å². The Balaban J connectivity index is 2.71. The van der Waals surface area contributed by atoms with E-state index in [2.05, 4.69) is 26.0 Å². The quantitative estimate of drug-likeness (QED) is 0.292. The molecule has 1 atom stereocenters. The molecule has 0 saturated carbocycles. The van der Waals surface area contributed by atoms with Crippen molar-refractivity contribution in [2.45, 2.75) is 97.5 Å². The molecule has 0 spiro atoms. The second-order valence-corrected chi connectivity index (χ2v) is 9.13. The van der Waals surface area contributed by atoms with Crippen molar-refractivity contribution in [3.8, 4) is 5.75 Å². The molecule has 0 bridgehead atoms. The van der Waals surface area contributed by atoms with E-state index < -0.39 is 10.1 Å². The van der Waals surface area contributed by atoms with Gasteiger partial charge in [0.15, 0.2) is 0 Å². The lowest BCUT2D eigenvalue weighted by atomic mass is 9.96. The van der Waals surface area contributed by atoms with Gasteiger partial charge in [0.1, 0.15) is 5.75 Å². The summed E-state index contributed by atoms with van der Waals surface area (Å²) in [6.45, 7) is 6.29. The summed E-state index contributed by atoms with van der Waals surface area (Å²) in [5.41, 5.74) is 2.78. The monoisotopic (exact) mass is 398 g/mol. The van der Waals surface area contributed by atoms with Crippen LogP contribution in [0.1, 0.15) is 89.7 Å². The van der Waals surface area contributed by atoms with Crippen molar-refractivity contribution in [1.82, 2.24) is 0 Å². The molecule has 27 heavy (non-hydrogen) atoms. The molecule has 5 heteroatoms. The van der Waals surface area contributed by atoms with Crippen LogP contribution in [0.25, 0.3) is 0 Å². The topological polar surface area (TPSA) is 63.6 Å². The van der Waals surface area contributed by atoms with E-state index in [4.69, 9.17) is 9.29 Å². The van der Waals surface area contributed by atoms with Crippen LogP contribution in [0.3, 0.4) is 0 Å². The molecule has 0 aromatic heterocycles. The van der Waals surface area contributed by atoms with Gasteiger partial charge in [-0.05, 0) is 55.9 Å². The number of aryl methyl sites for hydroxylation is 2. The van der Waals surface area contributed by atoms with Crippen LogP contribution >= 0.6 is 0 Å². The molecular formula is C22H38O4S. The molecule has 0 aliphatic heterocycles. The molecule has 0 fully saturated rings. The molecule has 1 aromatic rings. The number of hydrogen-bond donors (Lipinski definition) is 1. The lowest BCUT2D eigenvalue weighted by molar-refractivity contribution is 0.217. The van der Waals surface area contributed by atoms with Crippen molar-refractivity contribution in [1.29, 1.82) is 0 Å². The van der Waals surface area contributed by atoms with Crippen LogP contribution in [-0.2, 0) is 23.0 Å². The summed E-state index contributed by atoms with van der Waals surface area (Å²) >= 11 is 0. The van der Waals surface area contributed by atoms with E-state index in [0.29, 0.717) is 0 Å². The molecular weight excluding hydrogens is 360 g/mol. The zero-order chi connectivity index (χ0) is 20.1. The van der Waals surface area contributed by atoms with Gasteiger partial charge in [0.2, 0.25) is 0 Å². The maximum atomic E-state index is 10.9. The van der Waals surface area contributed by atoms with E-state index in [9.17, 15) is 8.42 Å². The second kappa shape index (κ2) is 13.2. The van der Waals surface area contributed by atoms with Gasteiger partial charge >= 0.3 is 0 Å². The molecule has 1 N–H and O–H groups in total. The van der Waals surface area contributed by atoms with Crippen LogP contribution in [-0.4, -0.2) is 24.8 Å². The van der Waals surface area contributed by atoms with E-state index in [1.165, 1.54) is 62.5 Å². The summed E-state index contributed by atoms with van der Waals surface area (Å²) in [5, 5.41) is 0. The normalized spacial score (nSPS) is 12.9. The smallest absolute Gasteiger partial charge is 0.264 e. The van der Waals surface area contributed by atoms with Crippen LogP contribution in [0, 0.1) is 0 Å². The summed E-state index contributed by atoms with van der Waals surface area (Å²) in [5.74, 6) is 0.522. The van der Waals surface area contributed by atoms with Gasteiger partial charge in [-0.1, -0.05) is 58.4 Å². The summed E-state index contributed by atoms with van der Waals surface area (Å²) in [6, 6.07) is 6.30. The minimum atomic E-state index is -3.94. The zero-order valence-corrected chi connectivity index (χ0v) is 18.2. The van der Waals surface area contributed by atoms with Crippen molar-refractivity contribution in [2.24, 2.45) is 0 Å². The Bertz CT molecular complexity index is 625. The number of ether oxygens (including phenoxy) is 1. The van der Waals surface area contributed by atoms with E-state index >= 15 is 0 Å². The lowest BCUT2D eigenvalue weighted by Crippen LogP contribution is -2.17. The summed E-state index contributed by atoms with van der Waals surface area (Å²) in [4.78, 5) is 0. The van der Waals surface area contributed by atoms with Gasteiger partial charge in [0.25, 0.3) is 10.1 Å². The summed E-state index contributed by atoms with van der Waals surface area (Å²) in [7, 11) is -3.94. The summed E-state index contributed by atoms with van der Waals surface area (Å²) in [6.07, 6.45) is 12.2. The van der Waals surface area contributed by atoms with Gasteiger partial charge in [-0.15, -0.1) is 0 Å². The maximum Gasteiger partial charge on any atom is 0.264 e. The van der Waals surface area contributed by atoms with Crippen LogP contribution in [0.15, 0.2) is 18.2 Å². The molecule has 0 aliphatic carbocycles. The number of rotatable bonds is 15. The molecule has 0 heterocycles. The fraction of sp³-hybridized carbons (Fsp3) is 0.727. The molecule has 1 aromatic carbocycles. The fourth-order valence-electron chi connectivity index (χ4n) is 3.24. The molecule has 4 nitrogen and oxygen atoms in total. The van der Waals surface area contributed by atoms with Gasteiger partial charge in [0.05, 0.1) is 11.9 Å². The standard InChI is InChI=1S/C22H38O4S/c1-4-6-8-10-12-20-14-15-22(18-21(20)13-11-9-7-5-2)26-19(3)16-17-27(23,24)25/h14-15,18-19H,4-13,16-17H2,1-3H3,(H,23,24,25). The van der Waals surface area contributed by atoms with Gasteiger partial charge < -0.3 is 4.74 Å². The van der Waals surface area contributed by atoms with Crippen LogP contribution < -0.4 is 4.74 Å². The fourth-order valence-corrected chi connectivity index (χ4v) is 3.87. The first-order valence-corrected chi connectivity index (χ1v) is 12.2. The zero-order valence-electron chi connectivity index (χ0n) is 17.4. The van der Waals surface area contributed by atoms with Gasteiger partial charge in [-0.3, -0.25) is 4.55 Å². The van der Waals surface area contributed by atoms with Crippen molar-refractivity contribution in [3.05, 3.63) is 29.3 Å². The minimum absolute atomic E-state index is 0.254. The highest BCUT2D eigenvalue weighted by molar-refractivity contribution is 7.85. The molecule has 0 amide bonds. The van der Waals surface area contributed by atoms with Crippen molar-refractivity contribution in [3.63, 3.8) is 0 Å².